The van der Waals surface area contributed by atoms with Crippen LogP contribution in [0, 0.1) is 0 Å². The zero-order chi connectivity index (χ0) is 16.4. The predicted molar refractivity (Wildman–Crippen MR) is 84.5 cm³/mol. The summed E-state index contributed by atoms with van der Waals surface area (Å²) in [5, 5.41) is 13.3. The highest BCUT2D eigenvalue weighted by Crippen LogP contribution is 2.16. The first-order valence-electron chi connectivity index (χ1n) is 7.00. The first-order chi connectivity index (χ1) is 11.0. The van der Waals surface area contributed by atoms with E-state index in [4.69, 9.17) is 9.84 Å². The minimum atomic E-state index is -1.07. The summed E-state index contributed by atoms with van der Waals surface area (Å²) in [5.74, 6) is -1.37. The molecule has 0 aliphatic carbocycles. The molecular formula is C15H14BrN3O4. The normalized spacial score (nSPS) is 18.0. The van der Waals surface area contributed by atoms with E-state index >= 15 is 0 Å². The number of benzene rings is 1. The second-order valence-electron chi connectivity index (χ2n) is 5.07. The largest absolute Gasteiger partial charge is 0.479 e. The fourth-order valence-electron chi connectivity index (χ4n) is 2.35. The molecule has 1 aliphatic rings. The Morgan fingerprint density at radius 1 is 1.35 bits per heavy atom. The molecule has 8 heteroatoms. The summed E-state index contributed by atoms with van der Waals surface area (Å²) in [6.45, 7) is 0.583. The van der Waals surface area contributed by atoms with Gasteiger partial charge in [0.1, 0.15) is 0 Å². The highest BCUT2D eigenvalue weighted by atomic mass is 79.9. The van der Waals surface area contributed by atoms with Crippen molar-refractivity contribution in [2.24, 2.45) is 0 Å². The lowest BCUT2D eigenvalue weighted by Crippen LogP contribution is -2.48. The van der Waals surface area contributed by atoms with Gasteiger partial charge in [0.15, 0.2) is 11.8 Å². The number of halogens is 1. The van der Waals surface area contributed by atoms with E-state index < -0.39 is 12.1 Å². The molecule has 3 rings (SSSR count). The maximum Gasteiger partial charge on any atom is 0.334 e. The van der Waals surface area contributed by atoms with Crippen LogP contribution in [0.2, 0.25) is 0 Å². The number of amides is 1. The van der Waals surface area contributed by atoms with Gasteiger partial charge in [0, 0.05) is 17.2 Å². The summed E-state index contributed by atoms with van der Waals surface area (Å²) in [6.07, 6.45) is 0.712. The fourth-order valence-corrected chi connectivity index (χ4v) is 2.73. The summed E-state index contributed by atoms with van der Waals surface area (Å²) in [7, 11) is 0. The Morgan fingerprint density at radius 2 is 2.17 bits per heavy atom. The zero-order valence-electron chi connectivity index (χ0n) is 12.1. The SMILES string of the molecule is O=C(O)[C@@H]1CN(C(=O)c2ccn(-c3cccc(Br)c3)n2)CCO1. The summed E-state index contributed by atoms with van der Waals surface area (Å²) in [4.78, 5) is 24.9. The summed E-state index contributed by atoms with van der Waals surface area (Å²) < 4.78 is 7.64. The van der Waals surface area contributed by atoms with Gasteiger partial charge < -0.3 is 14.7 Å². The van der Waals surface area contributed by atoms with E-state index in [9.17, 15) is 9.59 Å². The van der Waals surface area contributed by atoms with Gasteiger partial charge >= 0.3 is 5.97 Å². The molecule has 2 heterocycles. The molecule has 1 atom stereocenters. The Bertz CT molecular complexity index is 746. The number of aliphatic carboxylic acids is 1. The van der Waals surface area contributed by atoms with Gasteiger partial charge in [-0.3, -0.25) is 4.79 Å². The van der Waals surface area contributed by atoms with E-state index in [-0.39, 0.29) is 24.8 Å². The van der Waals surface area contributed by atoms with Gasteiger partial charge in [0.2, 0.25) is 0 Å². The first-order valence-corrected chi connectivity index (χ1v) is 7.79. The highest BCUT2D eigenvalue weighted by Gasteiger charge is 2.30. The molecule has 1 aromatic carbocycles. The molecule has 0 unspecified atom stereocenters. The fraction of sp³-hybridized carbons (Fsp3) is 0.267. The van der Waals surface area contributed by atoms with Gasteiger partial charge in [-0.1, -0.05) is 22.0 Å². The van der Waals surface area contributed by atoms with Crippen molar-refractivity contribution in [1.29, 1.82) is 0 Å². The van der Waals surface area contributed by atoms with Crippen LogP contribution < -0.4 is 0 Å². The van der Waals surface area contributed by atoms with Gasteiger partial charge in [-0.2, -0.15) is 5.10 Å². The minimum Gasteiger partial charge on any atom is -0.479 e. The number of hydrogen-bond acceptors (Lipinski definition) is 4. The van der Waals surface area contributed by atoms with Crippen molar-refractivity contribution >= 4 is 27.8 Å². The molecule has 1 N–H and O–H groups in total. The Kier molecular flexibility index (Phi) is 4.44. The Morgan fingerprint density at radius 3 is 2.91 bits per heavy atom. The molecule has 0 saturated carbocycles. The molecule has 2 aromatic rings. The number of carboxylic acids is 1. The molecule has 23 heavy (non-hydrogen) atoms. The van der Waals surface area contributed by atoms with Crippen LogP contribution in [0.1, 0.15) is 10.5 Å². The van der Waals surface area contributed by atoms with E-state index in [0.717, 1.165) is 10.2 Å². The van der Waals surface area contributed by atoms with Crippen LogP contribution in [0.3, 0.4) is 0 Å². The van der Waals surface area contributed by atoms with E-state index in [1.807, 2.05) is 24.3 Å². The zero-order valence-corrected chi connectivity index (χ0v) is 13.6. The molecular weight excluding hydrogens is 366 g/mol. The Balaban J connectivity index is 1.77. The maximum atomic E-state index is 12.5. The average molecular weight is 380 g/mol. The molecule has 1 amide bonds. The van der Waals surface area contributed by atoms with Crippen LogP contribution in [0.4, 0.5) is 0 Å². The predicted octanol–water partition coefficient (Wildman–Crippen LogP) is 1.56. The number of rotatable bonds is 3. The van der Waals surface area contributed by atoms with Crippen molar-refractivity contribution in [1.82, 2.24) is 14.7 Å². The van der Waals surface area contributed by atoms with Gasteiger partial charge in [0.05, 0.1) is 18.8 Å². The number of carbonyl (C=O) groups is 2. The van der Waals surface area contributed by atoms with Crippen molar-refractivity contribution < 1.29 is 19.4 Å². The number of nitrogens with zero attached hydrogens (tertiary/aromatic N) is 3. The van der Waals surface area contributed by atoms with Crippen LogP contribution >= 0.6 is 15.9 Å². The molecule has 0 bridgehead atoms. The van der Waals surface area contributed by atoms with Crippen molar-refractivity contribution in [3.8, 4) is 5.69 Å². The van der Waals surface area contributed by atoms with E-state index in [1.165, 1.54) is 4.90 Å². The second-order valence-corrected chi connectivity index (χ2v) is 5.99. The minimum absolute atomic E-state index is 0.0257. The third-order valence-corrected chi connectivity index (χ3v) is 4.00. The van der Waals surface area contributed by atoms with Crippen molar-refractivity contribution in [2.75, 3.05) is 19.7 Å². The molecule has 120 valence electrons. The van der Waals surface area contributed by atoms with Crippen molar-refractivity contribution in [3.63, 3.8) is 0 Å². The Hall–Kier alpha value is -2.19. The molecule has 1 aliphatic heterocycles. The van der Waals surface area contributed by atoms with E-state index in [0.29, 0.717) is 6.54 Å². The molecule has 0 radical (unpaired) electrons. The number of hydrogen-bond donors (Lipinski definition) is 1. The van der Waals surface area contributed by atoms with Crippen molar-refractivity contribution in [3.05, 3.63) is 46.7 Å². The smallest absolute Gasteiger partial charge is 0.334 e. The van der Waals surface area contributed by atoms with Gasteiger partial charge in [0.25, 0.3) is 5.91 Å². The Labute approximate surface area is 140 Å². The lowest BCUT2D eigenvalue weighted by atomic mass is 10.2. The lowest BCUT2D eigenvalue weighted by Gasteiger charge is -2.30. The van der Waals surface area contributed by atoms with E-state index in [1.54, 1.807) is 16.9 Å². The van der Waals surface area contributed by atoms with Crippen LogP contribution in [0.5, 0.6) is 0 Å². The number of carbonyl (C=O) groups excluding carboxylic acids is 1. The topological polar surface area (TPSA) is 84.7 Å². The lowest BCUT2D eigenvalue weighted by molar-refractivity contribution is -0.154. The first kappa shape index (κ1) is 15.7. The number of aromatic nitrogens is 2. The summed E-state index contributed by atoms with van der Waals surface area (Å²) in [6, 6.07) is 9.16. The number of morpholine rings is 1. The molecule has 1 aromatic heterocycles. The average Bonchev–Trinajstić information content (AvgIpc) is 3.04. The third kappa shape index (κ3) is 3.43. The van der Waals surface area contributed by atoms with Crippen LogP contribution in [-0.2, 0) is 9.53 Å². The van der Waals surface area contributed by atoms with E-state index in [2.05, 4.69) is 21.0 Å². The van der Waals surface area contributed by atoms with Gasteiger partial charge in [-0.25, -0.2) is 9.48 Å². The third-order valence-electron chi connectivity index (χ3n) is 3.51. The quantitative estimate of drug-likeness (QED) is 0.874. The summed E-state index contributed by atoms with van der Waals surface area (Å²) in [5.41, 5.74) is 1.10. The van der Waals surface area contributed by atoms with Crippen LogP contribution in [0.15, 0.2) is 41.0 Å². The molecule has 1 fully saturated rings. The number of ether oxygens (including phenoxy) is 1. The highest BCUT2D eigenvalue weighted by molar-refractivity contribution is 9.10. The molecule has 1 saturated heterocycles. The van der Waals surface area contributed by atoms with Gasteiger partial charge in [-0.15, -0.1) is 0 Å². The monoisotopic (exact) mass is 379 g/mol. The number of carboxylic acid groups (broad SMARTS) is 1. The molecule has 0 spiro atoms. The second kappa shape index (κ2) is 6.51. The van der Waals surface area contributed by atoms with Crippen molar-refractivity contribution in [2.45, 2.75) is 6.10 Å². The van der Waals surface area contributed by atoms with Crippen LogP contribution in [-0.4, -0.2) is 57.5 Å². The van der Waals surface area contributed by atoms with Gasteiger partial charge in [-0.05, 0) is 24.3 Å². The molecule has 7 nitrogen and oxygen atoms in total. The summed E-state index contributed by atoms with van der Waals surface area (Å²) >= 11 is 3.39. The standard InChI is InChI=1S/C15H14BrN3O4/c16-10-2-1-3-11(8-10)19-5-4-12(17-19)14(20)18-6-7-23-13(9-18)15(21)22/h1-5,8,13H,6-7,9H2,(H,21,22)/t13-/m0/s1. The maximum absolute atomic E-state index is 12.5. The van der Waals surface area contributed by atoms with Crippen LogP contribution in [0.25, 0.3) is 5.69 Å².